The molecule has 0 aliphatic carbocycles. The summed E-state index contributed by atoms with van der Waals surface area (Å²) < 4.78 is 0. The van der Waals surface area contributed by atoms with Crippen molar-refractivity contribution in [2.45, 2.75) is 26.3 Å². The molecular weight excluding hydrogens is 286 g/mol. The van der Waals surface area contributed by atoms with Crippen LogP contribution in [0.3, 0.4) is 0 Å². The van der Waals surface area contributed by atoms with Crippen molar-refractivity contribution < 1.29 is 4.79 Å². The number of carbonyl (C=O) groups is 1. The Hall–Kier alpha value is -2.20. The van der Waals surface area contributed by atoms with Crippen molar-refractivity contribution in [3.05, 3.63) is 59.9 Å². The zero-order valence-corrected chi connectivity index (χ0v) is 13.5. The van der Waals surface area contributed by atoms with E-state index in [-0.39, 0.29) is 5.91 Å². The number of anilines is 1. The molecule has 0 spiro atoms. The predicted octanol–water partition coefficient (Wildman–Crippen LogP) is 3.57. The lowest BCUT2D eigenvalue weighted by atomic mass is 9.99. The van der Waals surface area contributed by atoms with Crippen molar-refractivity contribution in [1.82, 2.24) is 9.88 Å². The molecule has 0 saturated carbocycles. The summed E-state index contributed by atoms with van der Waals surface area (Å²) in [5.74, 6) is 0.729. The van der Waals surface area contributed by atoms with Crippen LogP contribution in [0.1, 0.15) is 35.7 Å². The first kappa shape index (κ1) is 15.7. The number of nitrogens with one attached hydrogen (secondary N) is 1. The van der Waals surface area contributed by atoms with E-state index in [0.717, 1.165) is 18.2 Å². The van der Waals surface area contributed by atoms with Gasteiger partial charge in [-0.05, 0) is 61.7 Å². The Labute approximate surface area is 137 Å². The summed E-state index contributed by atoms with van der Waals surface area (Å²) in [5.41, 5.74) is 2.67. The summed E-state index contributed by atoms with van der Waals surface area (Å²) in [6.07, 6.45) is 5.81. The van der Waals surface area contributed by atoms with Crippen molar-refractivity contribution >= 4 is 11.6 Å². The average molecular weight is 309 g/mol. The number of nitrogens with zero attached hydrogens (tertiary/aromatic N) is 2. The van der Waals surface area contributed by atoms with E-state index in [1.807, 2.05) is 12.1 Å². The molecule has 1 aliphatic rings. The van der Waals surface area contributed by atoms with Crippen LogP contribution in [0.4, 0.5) is 5.69 Å². The van der Waals surface area contributed by atoms with Crippen LogP contribution < -0.4 is 5.32 Å². The van der Waals surface area contributed by atoms with Crippen LogP contribution >= 0.6 is 0 Å². The largest absolute Gasteiger partial charge is 0.322 e. The van der Waals surface area contributed by atoms with Gasteiger partial charge in [0.15, 0.2) is 0 Å². The molecule has 1 aliphatic heterocycles. The minimum absolute atomic E-state index is 0.129. The minimum Gasteiger partial charge on any atom is -0.322 e. The highest BCUT2D eigenvalue weighted by Crippen LogP contribution is 2.19. The Morgan fingerprint density at radius 3 is 2.61 bits per heavy atom. The van der Waals surface area contributed by atoms with E-state index < -0.39 is 0 Å². The highest BCUT2D eigenvalue weighted by Gasteiger charge is 2.15. The maximum absolute atomic E-state index is 12.1. The quantitative estimate of drug-likeness (QED) is 0.939. The number of piperidine rings is 1. The molecule has 1 N–H and O–H groups in total. The molecule has 0 unspecified atom stereocenters. The molecule has 0 bridgehead atoms. The Balaban J connectivity index is 1.56. The first-order valence-electron chi connectivity index (χ1n) is 8.23. The maximum Gasteiger partial charge on any atom is 0.257 e. The third-order valence-corrected chi connectivity index (χ3v) is 4.42. The molecule has 1 aromatic carbocycles. The second-order valence-corrected chi connectivity index (χ2v) is 6.35. The van der Waals surface area contributed by atoms with Crippen LogP contribution in [0.15, 0.2) is 48.8 Å². The van der Waals surface area contributed by atoms with E-state index in [4.69, 9.17) is 0 Å². The van der Waals surface area contributed by atoms with Gasteiger partial charge in [-0.2, -0.15) is 0 Å². The van der Waals surface area contributed by atoms with Crippen LogP contribution in [0, 0.1) is 5.92 Å². The summed E-state index contributed by atoms with van der Waals surface area (Å²) >= 11 is 0. The normalized spacial score (nSPS) is 16.2. The van der Waals surface area contributed by atoms with Gasteiger partial charge < -0.3 is 5.32 Å². The fourth-order valence-electron chi connectivity index (χ4n) is 2.87. The zero-order chi connectivity index (χ0) is 16.1. The first-order chi connectivity index (χ1) is 11.2. The lowest BCUT2D eigenvalue weighted by molar-refractivity contribution is 0.102. The summed E-state index contributed by atoms with van der Waals surface area (Å²) in [4.78, 5) is 18.6. The number of amides is 1. The van der Waals surface area contributed by atoms with Gasteiger partial charge in [0.1, 0.15) is 0 Å². The van der Waals surface area contributed by atoms with Gasteiger partial charge in [-0.25, -0.2) is 0 Å². The number of carbonyl (C=O) groups excluding carboxylic acids is 1. The number of hydrogen-bond acceptors (Lipinski definition) is 3. The van der Waals surface area contributed by atoms with Gasteiger partial charge in [-0.1, -0.05) is 19.1 Å². The molecule has 120 valence electrons. The van der Waals surface area contributed by atoms with E-state index >= 15 is 0 Å². The van der Waals surface area contributed by atoms with Crippen molar-refractivity contribution in [3.63, 3.8) is 0 Å². The number of likely N-dealkylation sites (tertiary alicyclic amines) is 1. The van der Waals surface area contributed by atoms with E-state index in [1.54, 1.807) is 24.5 Å². The third-order valence-electron chi connectivity index (χ3n) is 4.42. The number of benzene rings is 1. The smallest absolute Gasteiger partial charge is 0.257 e. The molecular formula is C19H23N3O. The van der Waals surface area contributed by atoms with Crippen LogP contribution in [0.25, 0.3) is 0 Å². The summed E-state index contributed by atoms with van der Waals surface area (Å²) in [7, 11) is 0. The minimum atomic E-state index is -0.129. The Kier molecular flexibility index (Phi) is 5.03. The third kappa shape index (κ3) is 4.39. The predicted molar refractivity (Wildman–Crippen MR) is 92.3 cm³/mol. The molecule has 4 heteroatoms. The number of aromatic nitrogens is 1. The van der Waals surface area contributed by atoms with Crippen molar-refractivity contribution in [1.29, 1.82) is 0 Å². The zero-order valence-electron chi connectivity index (χ0n) is 13.5. The van der Waals surface area contributed by atoms with Gasteiger partial charge >= 0.3 is 0 Å². The first-order valence-corrected chi connectivity index (χ1v) is 8.23. The van der Waals surface area contributed by atoms with Gasteiger partial charge in [0.25, 0.3) is 5.91 Å². The molecule has 4 nitrogen and oxygen atoms in total. The SMILES string of the molecule is CC1CCN(Cc2ccc(NC(=O)c3cccnc3)cc2)CC1. The molecule has 23 heavy (non-hydrogen) atoms. The van der Waals surface area contributed by atoms with Crippen LogP contribution in [-0.2, 0) is 6.54 Å². The highest BCUT2D eigenvalue weighted by atomic mass is 16.1. The molecule has 3 rings (SSSR count). The fourth-order valence-corrected chi connectivity index (χ4v) is 2.87. The average Bonchev–Trinajstić information content (AvgIpc) is 2.59. The second-order valence-electron chi connectivity index (χ2n) is 6.35. The molecule has 1 saturated heterocycles. The van der Waals surface area contributed by atoms with E-state index in [1.165, 1.54) is 31.5 Å². The molecule has 0 radical (unpaired) electrons. The maximum atomic E-state index is 12.1. The van der Waals surface area contributed by atoms with Gasteiger partial charge in [0, 0.05) is 24.6 Å². The second kappa shape index (κ2) is 7.38. The molecule has 1 fully saturated rings. The fraction of sp³-hybridized carbons (Fsp3) is 0.368. The Bertz CT molecular complexity index is 631. The monoisotopic (exact) mass is 309 g/mol. The van der Waals surface area contributed by atoms with E-state index in [9.17, 15) is 4.79 Å². The number of rotatable bonds is 4. The van der Waals surface area contributed by atoms with Crippen LogP contribution in [0.5, 0.6) is 0 Å². The Morgan fingerprint density at radius 2 is 1.96 bits per heavy atom. The highest BCUT2D eigenvalue weighted by molar-refractivity contribution is 6.03. The molecule has 1 amide bonds. The van der Waals surface area contributed by atoms with Gasteiger partial charge in [-0.3, -0.25) is 14.7 Å². The van der Waals surface area contributed by atoms with E-state index in [0.29, 0.717) is 5.56 Å². The number of hydrogen-bond donors (Lipinski definition) is 1. The standard InChI is InChI=1S/C19H23N3O/c1-15-8-11-22(12-9-15)14-16-4-6-18(7-5-16)21-19(23)17-3-2-10-20-13-17/h2-7,10,13,15H,8-9,11-12,14H2,1H3,(H,21,23). The van der Waals surface area contributed by atoms with Gasteiger partial charge in [0.05, 0.1) is 5.56 Å². The van der Waals surface area contributed by atoms with Crippen LogP contribution in [0.2, 0.25) is 0 Å². The topological polar surface area (TPSA) is 45.2 Å². The summed E-state index contributed by atoms with van der Waals surface area (Å²) in [5, 5.41) is 2.90. The lowest BCUT2D eigenvalue weighted by Gasteiger charge is -2.30. The van der Waals surface area contributed by atoms with Gasteiger partial charge in [-0.15, -0.1) is 0 Å². The van der Waals surface area contributed by atoms with Crippen LogP contribution in [-0.4, -0.2) is 28.9 Å². The van der Waals surface area contributed by atoms with Gasteiger partial charge in [0.2, 0.25) is 0 Å². The van der Waals surface area contributed by atoms with E-state index in [2.05, 4.69) is 34.3 Å². The summed E-state index contributed by atoms with van der Waals surface area (Å²) in [6.45, 7) is 5.68. The molecule has 1 aromatic heterocycles. The van der Waals surface area contributed by atoms with Crippen molar-refractivity contribution in [3.8, 4) is 0 Å². The number of pyridine rings is 1. The molecule has 2 heterocycles. The van der Waals surface area contributed by atoms with Crippen molar-refractivity contribution in [2.75, 3.05) is 18.4 Å². The van der Waals surface area contributed by atoms with Crippen molar-refractivity contribution in [2.24, 2.45) is 5.92 Å². The summed E-state index contributed by atoms with van der Waals surface area (Å²) in [6, 6.07) is 11.6. The lowest BCUT2D eigenvalue weighted by Crippen LogP contribution is -2.32. The Morgan fingerprint density at radius 1 is 1.22 bits per heavy atom. The molecule has 2 aromatic rings. The molecule has 0 atom stereocenters.